The lowest BCUT2D eigenvalue weighted by atomic mass is 10.1. The molecule has 1 aliphatic rings. The highest BCUT2D eigenvalue weighted by Gasteiger charge is 2.18. The van der Waals surface area contributed by atoms with Gasteiger partial charge in [-0.25, -0.2) is 4.98 Å². The highest BCUT2D eigenvalue weighted by Crippen LogP contribution is 2.33. The monoisotopic (exact) mass is 217 g/mol. The summed E-state index contributed by atoms with van der Waals surface area (Å²) in [7, 11) is 0. The van der Waals surface area contributed by atoms with Gasteiger partial charge in [0.15, 0.2) is 0 Å². The predicted octanol–water partition coefficient (Wildman–Crippen LogP) is 2.29. The molecule has 0 bridgehead atoms. The van der Waals surface area contributed by atoms with Crippen LogP contribution in [-0.2, 0) is 0 Å². The molecule has 4 heteroatoms. The Hall–Kier alpha value is -1.42. The van der Waals surface area contributed by atoms with Crippen LogP contribution in [0.3, 0.4) is 0 Å². The number of benzene rings is 1. The average Bonchev–Trinajstić information content (AvgIpc) is 2.15. The van der Waals surface area contributed by atoms with Crippen molar-refractivity contribution in [1.29, 1.82) is 0 Å². The van der Waals surface area contributed by atoms with Gasteiger partial charge in [0.1, 0.15) is 5.82 Å². The van der Waals surface area contributed by atoms with E-state index in [4.69, 9.17) is 5.73 Å². The number of aromatic nitrogens is 1. The second kappa shape index (κ2) is 3.31. The van der Waals surface area contributed by atoms with Crippen molar-refractivity contribution in [2.75, 3.05) is 22.3 Å². The van der Waals surface area contributed by atoms with Gasteiger partial charge in [0.25, 0.3) is 0 Å². The van der Waals surface area contributed by atoms with E-state index in [2.05, 4.69) is 9.29 Å². The fourth-order valence-corrected chi connectivity index (χ4v) is 2.36. The fourth-order valence-electron chi connectivity index (χ4n) is 1.73. The standard InChI is InChI=1S/C11H11N3S/c12-9-1-2-10-8(7-9)3-4-13-11(10)14-5-6-15-14/h1-4,7H,5-6,12H2. The molecule has 2 aromatic rings. The third-order valence-electron chi connectivity index (χ3n) is 2.55. The molecule has 1 fully saturated rings. The number of hydrogen-bond acceptors (Lipinski definition) is 4. The summed E-state index contributed by atoms with van der Waals surface area (Å²) in [6.45, 7) is 1.08. The molecular weight excluding hydrogens is 206 g/mol. The molecule has 2 heterocycles. The van der Waals surface area contributed by atoms with Crippen molar-refractivity contribution in [2.24, 2.45) is 0 Å². The molecule has 0 radical (unpaired) electrons. The van der Waals surface area contributed by atoms with Crippen molar-refractivity contribution >= 4 is 34.2 Å². The molecule has 0 atom stereocenters. The van der Waals surface area contributed by atoms with E-state index < -0.39 is 0 Å². The summed E-state index contributed by atoms with van der Waals surface area (Å²) in [5, 5.41) is 2.34. The van der Waals surface area contributed by atoms with Crippen LogP contribution >= 0.6 is 11.9 Å². The largest absolute Gasteiger partial charge is 0.399 e. The summed E-state index contributed by atoms with van der Waals surface area (Å²) in [6.07, 6.45) is 1.84. The van der Waals surface area contributed by atoms with Gasteiger partial charge in [-0.1, -0.05) is 0 Å². The maximum absolute atomic E-state index is 5.76. The summed E-state index contributed by atoms with van der Waals surface area (Å²) >= 11 is 1.82. The minimum Gasteiger partial charge on any atom is -0.399 e. The normalized spacial score (nSPS) is 15.3. The van der Waals surface area contributed by atoms with Crippen LogP contribution < -0.4 is 10.0 Å². The number of rotatable bonds is 1. The number of nitrogens with two attached hydrogens (primary N) is 1. The van der Waals surface area contributed by atoms with Gasteiger partial charge in [-0.05, 0) is 41.6 Å². The summed E-state index contributed by atoms with van der Waals surface area (Å²) in [5.74, 6) is 2.25. The highest BCUT2D eigenvalue weighted by molar-refractivity contribution is 8.02. The van der Waals surface area contributed by atoms with Crippen LogP contribution in [-0.4, -0.2) is 17.3 Å². The van der Waals surface area contributed by atoms with Gasteiger partial charge in [-0.3, -0.25) is 4.31 Å². The van der Waals surface area contributed by atoms with E-state index in [1.807, 2.05) is 42.4 Å². The lowest BCUT2D eigenvalue weighted by Gasteiger charge is -2.30. The average molecular weight is 217 g/mol. The van der Waals surface area contributed by atoms with E-state index in [9.17, 15) is 0 Å². The Labute approximate surface area is 92.4 Å². The zero-order valence-corrected chi connectivity index (χ0v) is 9.00. The van der Waals surface area contributed by atoms with Gasteiger partial charge >= 0.3 is 0 Å². The second-order valence-electron chi connectivity index (χ2n) is 3.55. The lowest BCUT2D eigenvalue weighted by molar-refractivity contribution is 1.03. The van der Waals surface area contributed by atoms with Crippen LogP contribution in [0.15, 0.2) is 30.5 Å². The molecule has 3 rings (SSSR count). The number of hydrogen-bond donors (Lipinski definition) is 1. The minimum absolute atomic E-state index is 0.802. The first-order valence-corrected chi connectivity index (χ1v) is 5.83. The van der Waals surface area contributed by atoms with Gasteiger partial charge in [-0.15, -0.1) is 0 Å². The molecule has 1 aromatic carbocycles. The lowest BCUT2D eigenvalue weighted by Crippen LogP contribution is -2.29. The molecule has 15 heavy (non-hydrogen) atoms. The van der Waals surface area contributed by atoms with Gasteiger partial charge in [0, 0.05) is 29.6 Å². The van der Waals surface area contributed by atoms with Crippen molar-refractivity contribution < 1.29 is 0 Å². The Balaban J connectivity index is 2.21. The zero-order chi connectivity index (χ0) is 10.3. The predicted molar refractivity (Wildman–Crippen MR) is 66.0 cm³/mol. The first-order chi connectivity index (χ1) is 7.34. The van der Waals surface area contributed by atoms with Gasteiger partial charge in [0.05, 0.1) is 0 Å². The molecule has 0 aliphatic carbocycles. The van der Waals surface area contributed by atoms with E-state index in [0.29, 0.717) is 0 Å². The van der Waals surface area contributed by atoms with Crippen molar-refractivity contribution in [3.63, 3.8) is 0 Å². The fraction of sp³-hybridized carbons (Fsp3) is 0.182. The third-order valence-corrected chi connectivity index (χ3v) is 3.58. The van der Waals surface area contributed by atoms with E-state index in [1.54, 1.807) is 0 Å². The molecule has 3 nitrogen and oxygen atoms in total. The van der Waals surface area contributed by atoms with Crippen molar-refractivity contribution in [2.45, 2.75) is 0 Å². The van der Waals surface area contributed by atoms with Crippen LogP contribution in [0.5, 0.6) is 0 Å². The molecule has 1 saturated heterocycles. The summed E-state index contributed by atoms with van der Waals surface area (Å²) < 4.78 is 2.22. The Morgan fingerprint density at radius 1 is 1.33 bits per heavy atom. The highest BCUT2D eigenvalue weighted by atomic mass is 32.2. The van der Waals surface area contributed by atoms with Gasteiger partial charge < -0.3 is 5.73 Å². The Morgan fingerprint density at radius 2 is 2.20 bits per heavy atom. The molecule has 0 amide bonds. The molecule has 0 saturated carbocycles. The van der Waals surface area contributed by atoms with Crippen LogP contribution in [0, 0.1) is 0 Å². The molecule has 76 valence electrons. The van der Waals surface area contributed by atoms with E-state index in [-0.39, 0.29) is 0 Å². The Morgan fingerprint density at radius 3 is 2.93 bits per heavy atom. The van der Waals surface area contributed by atoms with E-state index in [1.165, 1.54) is 11.1 Å². The van der Waals surface area contributed by atoms with Crippen molar-refractivity contribution in [3.8, 4) is 0 Å². The SMILES string of the molecule is Nc1ccc2c(N3CCS3)nccc2c1. The van der Waals surface area contributed by atoms with Crippen LogP contribution in [0.1, 0.15) is 0 Å². The minimum atomic E-state index is 0.802. The number of nitrogen functional groups attached to an aromatic ring is 1. The zero-order valence-electron chi connectivity index (χ0n) is 8.18. The van der Waals surface area contributed by atoms with Crippen molar-refractivity contribution in [3.05, 3.63) is 30.5 Å². The number of nitrogens with zero attached hydrogens (tertiary/aromatic N) is 2. The van der Waals surface area contributed by atoms with Gasteiger partial charge in [-0.2, -0.15) is 0 Å². The van der Waals surface area contributed by atoms with Crippen LogP contribution in [0.25, 0.3) is 10.8 Å². The first-order valence-electron chi connectivity index (χ1n) is 4.89. The number of pyridine rings is 1. The molecule has 2 N–H and O–H groups in total. The molecule has 0 unspecified atom stereocenters. The first kappa shape index (κ1) is 8.85. The van der Waals surface area contributed by atoms with Crippen LogP contribution in [0.4, 0.5) is 11.5 Å². The van der Waals surface area contributed by atoms with Crippen LogP contribution in [0.2, 0.25) is 0 Å². The number of anilines is 2. The Bertz CT molecular complexity index is 508. The molecular formula is C11H11N3S. The molecule has 1 aromatic heterocycles. The summed E-state index contributed by atoms with van der Waals surface area (Å²) in [4.78, 5) is 4.42. The third kappa shape index (κ3) is 1.41. The molecule has 0 spiro atoms. The van der Waals surface area contributed by atoms with E-state index in [0.717, 1.165) is 23.4 Å². The summed E-state index contributed by atoms with van der Waals surface area (Å²) in [6, 6.07) is 7.97. The topological polar surface area (TPSA) is 42.1 Å². The second-order valence-corrected chi connectivity index (χ2v) is 4.66. The number of fused-ring (bicyclic) bond motifs is 1. The van der Waals surface area contributed by atoms with E-state index >= 15 is 0 Å². The van der Waals surface area contributed by atoms with Gasteiger partial charge in [0.2, 0.25) is 0 Å². The smallest absolute Gasteiger partial charge is 0.146 e. The van der Waals surface area contributed by atoms with Crippen molar-refractivity contribution in [1.82, 2.24) is 4.98 Å². The Kier molecular flexibility index (Phi) is 1.95. The summed E-state index contributed by atoms with van der Waals surface area (Å²) in [5.41, 5.74) is 6.56. The quantitative estimate of drug-likeness (QED) is 0.588. The molecule has 1 aliphatic heterocycles. The maximum Gasteiger partial charge on any atom is 0.146 e. The maximum atomic E-state index is 5.76.